The zero-order valence-corrected chi connectivity index (χ0v) is 23.1. The Bertz CT molecular complexity index is 508. The van der Waals surface area contributed by atoms with Gasteiger partial charge in [-0.3, -0.25) is 0 Å². The van der Waals surface area contributed by atoms with Gasteiger partial charge < -0.3 is 9.53 Å². The van der Waals surface area contributed by atoms with E-state index in [1.165, 1.54) is 49.4 Å². The summed E-state index contributed by atoms with van der Waals surface area (Å²) >= 11 is 2.51. The van der Waals surface area contributed by atoms with Crippen molar-refractivity contribution in [3.05, 3.63) is 0 Å². The summed E-state index contributed by atoms with van der Waals surface area (Å²) in [6, 6.07) is 0. The molecule has 5 atom stereocenters. The Hall–Kier alpha value is 0.867. The second-order valence-corrected chi connectivity index (χ2v) is 18.0. The van der Waals surface area contributed by atoms with Gasteiger partial charge in [0, 0.05) is 6.10 Å². The van der Waals surface area contributed by atoms with Crippen LogP contribution in [0.4, 0.5) is 0 Å². The number of aliphatic hydroxyl groups is 1. The molecular formula is C24H47IO2Si. The molecule has 0 aromatic rings. The van der Waals surface area contributed by atoms with Crippen molar-refractivity contribution in [3.63, 3.8) is 0 Å². The van der Waals surface area contributed by atoms with Gasteiger partial charge in [-0.1, -0.05) is 56.7 Å². The Morgan fingerprint density at radius 3 is 2.32 bits per heavy atom. The van der Waals surface area contributed by atoms with Crippen LogP contribution in [0.2, 0.25) is 18.1 Å². The molecule has 0 bridgehead atoms. The first-order valence-electron chi connectivity index (χ1n) is 11.7. The molecule has 0 amide bonds. The van der Waals surface area contributed by atoms with Crippen LogP contribution < -0.4 is 0 Å². The molecule has 2 fully saturated rings. The van der Waals surface area contributed by atoms with Crippen LogP contribution in [0.25, 0.3) is 0 Å². The Balaban J connectivity index is 2.21. The third-order valence-corrected chi connectivity index (χ3v) is 13.7. The van der Waals surface area contributed by atoms with Gasteiger partial charge in [0.15, 0.2) is 8.32 Å². The van der Waals surface area contributed by atoms with E-state index in [1.807, 2.05) is 13.8 Å². The first-order valence-corrected chi connectivity index (χ1v) is 16.1. The van der Waals surface area contributed by atoms with Crippen molar-refractivity contribution in [2.75, 3.05) is 4.43 Å². The number of halogens is 1. The highest BCUT2D eigenvalue weighted by atomic mass is 127. The second kappa shape index (κ2) is 9.16. The average Bonchev–Trinajstić information content (AvgIpc) is 2.87. The van der Waals surface area contributed by atoms with E-state index in [9.17, 15) is 5.11 Å². The maximum atomic E-state index is 10.6. The Kier molecular flexibility index (Phi) is 8.22. The number of fused-ring (bicyclic) bond motifs is 1. The van der Waals surface area contributed by atoms with E-state index >= 15 is 0 Å². The quantitative estimate of drug-likeness (QED) is 0.202. The Morgan fingerprint density at radius 2 is 1.79 bits per heavy atom. The van der Waals surface area contributed by atoms with Crippen LogP contribution in [0.1, 0.15) is 92.9 Å². The molecule has 1 N–H and O–H groups in total. The third kappa shape index (κ3) is 5.76. The smallest absolute Gasteiger partial charge is 0.192 e. The zero-order valence-electron chi connectivity index (χ0n) is 19.9. The predicted molar refractivity (Wildman–Crippen MR) is 133 cm³/mol. The lowest BCUT2D eigenvalue weighted by molar-refractivity contribution is -0.0369. The van der Waals surface area contributed by atoms with Crippen molar-refractivity contribution in [2.24, 2.45) is 23.2 Å². The molecule has 2 aliphatic carbocycles. The fraction of sp³-hybridized carbons (Fsp3) is 1.00. The molecule has 1 unspecified atom stereocenters. The minimum atomic E-state index is -1.73. The Labute approximate surface area is 190 Å². The molecule has 166 valence electrons. The molecular weight excluding hydrogens is 475 g/mol. The van der Waals surface area contributed by atoms with Crippen molar-refractivity contribution in [2.45, 2.75) is 123 Å². The van der Waals surface area contributed by atoms with E-state index in [2.05, 4.69) is 63.4 Å². The lowest BCUT2D eigenvalue weighted by Crippen LogP contribution is -2.50. The van der Waals surface area contributed by atoms with Crippen LogP contribution in [0.5, 0.6) is 0 Å². The highest BCUT2D eigenvalue weighted by Crippen LogP contribution is 2.60. The van der Waals surface area contributed by atoms with Crippen LogP contribution in [0, 0.1) is 23.2 Å². The second-order valence-electron chi connectivity index (χ2n) is 12.2. The lowest BCUT2D eigenvalue weighted by Gasteiger charge is -2.50. The predicted octanol–water partition coefficient (Wildman–Crippen LogP) is 7.59. The van der Waals surface area contributed by atoms with Gasteiger partial charge in [0.1, 0.15) is 0 Å². The van der Waals surface area contributed by atoms with Gasteiger partial charge in [-0.25, -0.2) is 0 Å². The van der Waals surface area contributed by atoms with Gasteiger partial charge in [-0.15, -0.1) is 0 Å². The summed E-state index contributed by atoms with van der Waals surface area (Å²) in [5.74, 6) is 2.11. The van der Waals surface area contributed by atoms with Crippen LogP contribution in [0.3, 0.4) is 0 Å². The van der Waals surface area contributed by atoms with E-state index in [4.69, 9.17) is 4.43 Å². The molecule has 2 aliphatic rings. The van der Waals surface area contributed by atoms with E-state index in [-0.39, 0.29) is 5.04 Å². The van der Waals surface area contributed by atoms with Crippen LogP contribution in [-0.2, 0) is 4.43 Å². The summed E-state index contributed by atoms with van der Waals surface area (Å²) in [5.41, 5.74) is -0.164. The summed E-state index contributed by atoms with van der Waals surface area (Å²) < 4.78 is 8.25. The van der Waals surface area contributed by atoms with Crippen molar-refractivity contribution < 1.29 is 9.53 Å². The normalized spacial score (nSPS) is 33.0. The van der Waals surface area contributed by atoms with Crippen LogP contribution in [-0.4, -0.2) is 29.6 Å². The summed E-state index contributed by atoms with van der Waals surface area (Å²) in [4.78, 5) is 0. The molecule has 2 rings (SSSR count). The van der Waals surface area contributed by atoms with Gasteiger partial charge in [-0.2, -0.15) is 0 Å². The topological polar surface area (TPSA) is 29.5 Å². The first kappa shape index (κ1) is 25.1. The van der Waals surface area contributed by atoms with Crippen molar-refractivity contribution in [3.8, 4) is 0 Å². The van der Waals surface area contributed by atoms with Gasteiger partial charge in [0.05, 0.1) is 5.60 Å². The van der Waals surface area contributed by atoms with E-state index in [1.54, 1.807) is 0 Å². The summed E-state index contributed by atoms with van der Waals surface area (Å²) in [7, 11) is -1.73. The molecule has 0 aliphatic heterocycles. The van der Waals surface area contributed by atoms with Gasteiger partial charge >= 0.3 is 0 Å². The highest BCUT2D eigenvalue weighted by Gasteiger charge is 2.55. The maximum Gasteiger partial charge on any atom is 0.192 e. The first-order chi connectivity index (χ1) is 12.7. The van der Waals surface area contributed by atoms with Crippen molar-refractivity contribution in [1.82, 2.24) is 0 Å². The largest absolute Gasteiger partial charge is 0.414 e. The number of alkyl halides is 1. The fourth-order valence-electron chi connectivity index (χ4n) is 6.06. The minimum Gasteiger partial charge on any atom is -0.414 e. The summed E-state index contributed by atoms with van der Waals surface area (Å²) in [5, 5.41) is 10.9. The lowest BCUT2D eigenvalue weighted by atomic mass is 9.60. The molecule has 0 spiro atoms. The van der Waals surface area contributed by atoms with E-state index in [0.29, 0.717) is 23.4 Å². The average molecular weight is 523 g/mol. The molecule has 0 aromatic carbocycles. The molecule has 4 heteroatoms. The molecule has 2 nitrogen and oxygen atoms in total. The standard InChI is InChI=1S/C24H47IO2Si/c1-22(2,3)28(7,8)27-21-12-9-15-24(6)19(13-14-20(21)24)18(11-10-16-25)17-23(4,5)26/h18-21,26H,9-17H2,1-8H3/t18-,19+,20-,21?,24+/m0/s1. The fourth-order valence-corrected chi connectivity index (χ4v) is 7.89. The molecule has 2 saturated carbocycles. The maximum absolute atomic E-state index is 10.6. The molecule has 0 aromatic heterocycles. The van der Waals surface area contributed by atoms with E-state index < -0.39 is 13.9 Å². The highest BCUT2D eigenvalue weighted by molar-refractivity contribution is 14.1. The van der Waals surface area contributed by atoms with E-state index in [0.717, 1.165) is 12.3 Å². The zero-order chi connectivity index (χ0) is 21.4. The van der Waals surface area contributed by atoms with Gasteiger partial charge in [0.25, 0.3) is 0 Å². The number of rotatable bonds is 8. The molecule has 0 radical (unpaired) electrons. The minimum absolute atomic E-state index is 0.280. The Morgan fingerprint density at radius 1 is 1.14 bits per heavy atom. The van der Waals surface area contributed by atoms with Gasteiger partial charge in [0.2, 0.25) is 0 Å². The van der Waals surface area contributed by atoms with Crippen LogP contribution >= 0.6 is 22.6 Å². The molecule has 28 heavy (non-hydrogen) atoms. The number of hydrogen-bond donors (Lipinski definition) is 1. The monoisotopic (exact) mass is 522 g/mol. The molecule has 0 saturated heterocycles. The van der Waals surface area contributed by atoms with Gasteiger partial charge in [-0.05, 0) is 105 Å². The number of hydrogen-bond acceptors (Lipinski definition) is 2. The van der Waals surface area contributed by atoms with Crippen LogP contribution in [0.15, 0.2) is 0 Å². The SMILES string of the molecule is CC(C)(O)C[C@H](CCCI)[C@H]1CC[C@H]2C(O[Si](C)(C)C(C)(C)C)CCC[C@]12C. The summed E-state index contributed by atoms with van der Waals surface area (Å²) in [6.07, 6.45) is 10.5. The molecule has 0 heterocycles. The van der Waals surface area contributed by atoms with Crippen molar-refractivity contribution >= 4 is 30.9 Å². The third-order valence-electron chi connectivity index (χ3n) is 8.43. The van der Waals surface area contributed by atoms with Crippen molar-refractivity contribution in [1.29, 1.82) is 0 Å². The summed E-state index contributed by atoms with van der Waals surface area (Å²) in [6.45, 7) is 18.5.